The van der Waals surface area contributed by atoms with Gasteiger partial charge in [0.1, 0.15) is 0 Å². The molecule has 2 heterocycles. The lowest BCUT2D eigenvalue weighted by molar-refractivity contribution is 0.102. The van der Waals surface area contributed by atoms with Crippen molar-refractivity contribution in [1.82, 2.24) is 4.98 Å². The highest BCUT2D eigenvalue weighted by molar-refractivity contribution is 6.04. The highest BCUT2D eigenvalue weighted by atomic mass is 16.7. The van der Waals surface area contributed by atoms with Crippen LogP contribution < -0.4 is 14.8 Å². The Balaban J connectivity index is 1.79. The fourth-order valence-corrected chi connectivity index (χ4v) is 1.68. The van der Waals surface area contributed by atoms with Gasteiger partial charge in [-0.2, -0.15) is 0 Å². The Morgan fingerprint density at radius 1 is 1.11 bits per heavy atom. The fraction of sp³-hybridized carbons (Fsp3) is 0.0769. The zero-order chi connectivity index (χ0) is 12.4. The monoisotopic (exact) mass is 242 g/mol. The average Bonchev–Trinajstić information content (AvgIpc) is 2.87. The van der Waals surface area contributed by atoms with Gasteiger partial charge in [-0.3, -0.25) is 9.78 Å². The summed E-state index contributed by atoms with van der Waals surface area (Å²) in [5, 5.41) is 2.79. The third kappa shape index (κ3) is 1.98. The number of pyridine rings is 1. The third-order valence-corrected chi connectivity index (χ3v) is 2.57. The van der Waals surface area contributed by atoms with Gasteiger partial charge in [-0.25, -0.2) is 0 Å². The van der Waals surface area contributed by atoms with E-state index < -0.39 is 0 Å². The van der Waals surface area contributed by atoms with E-state index >= 15 is 0 Å². The normalized spacial score (nSPS) is 12.2. The number of fused-ring (bicyclic) bond motifs is 1. The second-order valence-corrected chi connectivity index (χ2v) is 3.76. The largest absolute Gasteiger partial charge is 0.454 e. The number of benzene rings is 1. The zero-order valence-corrected chi connectivity index (χ0v) is 9.42. The minimum atomic E-state index is -0.184. The predicted molar refractivity (Wildman–Crippen MR) is 64.8 cm³/mol. The maximum absolute atomic E-state index is 11.9. The molecule has 0 fully saturated rings. The molecule has 1 N–H and O–H groups in total. The molecule has 18 heavy (non-hydrogen) atoms. The zero-order valence-electron chi connectivity index (χ0n) is 9.42. The van der Waals surface area contributed by atoms with Gasteiger partial charge in [0.2, 0.25) is 6.79 Å². The molecule has 0 unspecified atom stereocenters. The van der Waals surface area contributed by atoms with Crippen molar-refractivity contribution in [2.75, 3.05) is 12.1 Å². The Morgan fingerprint density at radius 3 is 2.72 bits per heavy atom. The molecule has 0 atom stereocenters. The SMILES string of the molecule is O=C(Nc1ccc2c(c1)OCO2)c1ccncc1. The predicted octanol–water partition coefficient (Wildman–Crippen LogP) is 2.06. The Kier molecular flexibility index (Phi) is 2.57. The molecule has 1 aliphatic heterocycles. The van der Waals surface area contributed by atoms with E-state index in [4.69, 9.17) is 9.47 Å². The van der Waals surface area contributed by atoms with Gasteiger partial charge in [0.25, 0.3) is 5.91 Å². The first kappa shape index (κ1) is 10.6. The van der Waals surface area contributed by atoms with Gasteiger partial charge in [-0.1, -0.05) is 0 Å². The van der Waals surface area contributed by atoms with Crippen molar-refractivity contribution >= 4 is 11.6 Å². The highest BCUT2D eigenvalue weighted by Gasteiger charge is 2.14. The van der Waals surface area contributed by atoms with Crippen molar-refractivity contribution in [3.05, 3.63) is 48.3 Å². The van der Waals surface area contributed by atoms with Crippen LogP contribution in [0.25, 0.3) is 0 Å². The molecule has 5 nitrogen and oxygen atoms in total. The van der Waals surface area contributed by atoms with E-state index in [0.29, 0.717) is 22.7 Å². The molecule has 3 rings (SSSR count). The van der Waals surface area contributed by atoms with Crippen molar-refractivity contribution in [2.45, 2.75) is 0 Å². The summed E-state index contributed by atoms with van der Waals surface area (Å²) in [6.45, 7) is 0.219. The van der Waals surface area contributed by atoms with Crippen molar-refractivity contribution in [2.24, 2.45) is 0 Å². The molecule has 1 aromatic heterocycles. The van der Waals surface area contributed by atoms with E-state index in [2.05, 4.69) is 10.3 Å². The fourth-order valence-electron chi connectivity index (χ4n) is 1.68. The molecule has 2 aromatic rings. The summed E-state index contributed by atoms with van der Waals surface area (Å²) in [6, 6.07) is 8.59. The number of hydrogen-bond donors (Lipinski definition) is 1. The second-order valence-electron chi connectivity index (χ2n) is 3.76. The summed E-state index contributed by atoms with van der Waals surface area (Å²) < 4.78 is 10.4. The van der Waals surface area contributed by atoms with Gasteiger partial charge in [-0.15, -0.1) is 0 Å². The van der Waals surface area contributed by atoms with Crippen LogP contribution >= 0.6 is 0 Å². The molecule has 0 radical (unpaired) electrons. The Morgan fingerprint density at radius 2 is 1.89 bits per heavy atom. The lowest BCUT2D eigenvalue weighted by Gasteiger charge is -2.05. The van der Waals surface area contributed by atoms with Crippen LogP contribution in [0.2, 0.25) is 0 Å². The summed E-state index contributed by atoms with van der Waals surface area (Å²) in [4.78, 5) is 15.8. The first-order valence-corrected chi connectivity index (χ1v) is 5.44. The molecule has 1 aromatic carbocycles. The molecule has 1 amide bonds. The summed E-state index contributed by atoms with van der Waals surface area (Å²) in [5.74, 6) is 1.15. The lowest BCUT2D eigenvalue weighted by Crippen LogP contribution is -2.11. The minimum absolute atomic E-state index is 0.184. The van der Waals surface area contributed by atoms with Gasteiger partial charge in [0.15, 0.2) is 11.5 Å². The van der Waals surface area contributed by atoms with Gasteiger partial charge in [0.05, 0.1) is 0 Å². The van der Waals surface area contributed by atoms with Crippen LogP contribution in [0.4, 0.5) is 5.69 Å². The first-order chi connectivity index (χ1) is 8.83. The number of nitrogens with one attached hydrogen (secondary N) is 1. The van der Waals surface area contributed by atoms with Crippen LogP contribution in [0.5, 0.6) is 11.5 Å². The Hall–Kier alpha value is -2.56. The summed E-state index contributed by atoms with van der Waals surface area (Å²) in [6.07, 6.45) is 3.16. The van der Waals surface area contributed by atoms with Crippen LogP contribution in [0, 0.1) is 0 Å². The van der Waals surface area contributed by atoms with Crippen molar-refractivity contribution in [3.63, 3.8) is 0 Å². The van der Waals surface area contributed by atoms with Gasteiger partial charge in [0, 0.05) is 29.7 Å². The number of rotatable bonds is 2. The van der Waals surface area contributed by atoms with Crippen molar-refractivity contribution in [1.29, 1.82) is 0 Å². The number of anilines is 1. The van der Waals surface area contributed by atoms with Crippen molar-refractivity contribution in [3.8, 4) is 11.5 Å². The number of aromatic nitrogens is 1. The van der Waals surface area contributed by atoms with E-state index in [0.717, 1.165) is 0 Å². The minimum Gasteiger partial charge on any atom is -0.454 e. The Bertz CT molecular complexity index is 584. The summed E-state index contributed by atoms with van der Waals surface area (Å²) in [5.41, 5.74) is 1.23. The number of ether oxygens (including phenoxy) is 2. The maximum atomic E-state index is 11.9. The highest BCUT2D eigenvalue weighted by Crippen LogP contribution is 2.34. The van der Waals surface area contributed by atoms with Crippen LogP contribution in [0.15, 0.2) is 42.7 Å². The number of amides is 1. The smallest absolute Gasteiger partial charge is 0.255 e. The third-order valence-electron chi connectivity index (χ3n) is 2.57. The molecule has 0 saturated carbocycles. The lowest BCUT2D eigenvalue weighted by atomic mass is 10.2. The molecule has 0 spiro atoms. The number of hydrogen-bond acceptors (Lipinski definition) is 4. The molecule has 90 valence electrons. The molecular formula is C13H10N2O3. The number of nitrogens with zero attached hydrogens (tertiary/aromatic N) is 1. The molecule has 1 aliphatic rings. The van der Waals surface area contributed by atoms with Gasteiger partial charge < -0.3 is 14.8 Å². The van der Waals surface area contributed by atoms with E-state index in [9.17, 15) is 4.79 Å². The topological polar surface area (TPSA) is 60.5 Å². The molecular weight excluding hydrogens is 232 g/mol. The standard InChI is InChI=1S/C13H10N2O3/c16-13(9-3-5-14-6-4-9)15-10-1-2-11-12(7-10)18-8-17-11/h1-7H,8H2,(H,15,16). The van der Waals surface area contributed by atoms with E-state index in [1.54, 1.807) is 42.7 Å². The van der Waals surface area contributed by atoms with Crippen LogP contribution in [0.1, 0.15) is 10.4 Å². The molecule has 0 saturated heterocycles. The van der Waals surface area contributed by atoms with Crippen molar-refractivity contribution < 1.29 is 14.3 Å². The van der Waals surface area contributed by atoms with Gasteiger partial charge in [-0.05, 0) is 24.3 Å². The van der Waals surface area contributed by atoms with Crippen LogP contribution in [-0.2, 0) is 0 Å². The Labute approximate surface area is 103 Å². The molecule has 0 bridgehead atoms. The van der Waals surface area contributed by atoms with E-state index in [1.807, 2.05) is 0 Å². The summed E-state index contributed by atoms with van der Waals surface area (Å²) in [7, 11) is 0. The van der Waals surface area contributed by atoms with E-state index in [1.165, 1.54) is 0 Å². The average molecular weight is 242 g/mol. The molecule has 5 heteroatoms. The van der Waals surface area contributed by atoms with Crippen LogP contribution in [0.3, 0.4) is 0 Å². The maximum Gasteiger partial charge on any atom is 0.255 e. The molecule has 0 aliphatic carbocycles. The first-order valence-electron chi connectivity index (χ1n) is 5.44. The van der Waals surface area contributed by atoms with Crippen LogP contribution in [-0.4, -0.2) is 17.7 Å². The quantitative estimate of drug-likeness (QED) is 0.875. The number of carbonyl (C=O) groups is 1. The van der Waals surface area contributed by atoms with Gasteiger partial charge >= 0.3 is 0 Å². The van der Waals surface area contributed by atoms with E-state index in [-0.39, 0.29) is 12.7 Å². The summed E-state index contributed by atoms with van der Waals surface area (Å²) >= 11 is 0. The second kappa shape index (κ2) is 4.37. The number of carbonyl (C=O) groups excluding carboxylic acids is 1.